The van der Waals surface area contributed by atoms with Crippen molar-refractivity contribution in [3.8, 4) is 27.6 Å². The van der Waals surface area contributed by atoms with Crippen molar-refractivity contribution in [2.75, 3.05) is 7.11 Å². The lowest BCUT2D eigenvalue weighted by molar-refractivity contribution is 0.386. The van der Waals surface area contributed by atoms with Gasteiger partial charge in [-0.05, 0) is 30.3 Å². The van der Waals surface area contributed by atoms with Crippen LogP contribution < -0.4 is 4.74 Å². The van der Waals surface area contributed by atoms with Gasteiger partial charge in [-0.3, -0.25) is 4.98 Å². The number of thiazole rings is 1. The fourth-order valence-corrected chi connectivity index (χ4v) is 2.69. The zero-order valence-corrected chi connectivity index (χ0v) is 11.5. The Morgan fingerprint density at radius 1 is 1.10 bits per heavy atom. The lowest BCUT2D eigenvalue weighted by Crippen LogP contribution is -1.88. The van der Waals surface area contributed by atoms with Gasteiger partial charge in [-0.25, -0.2) is 9.37 Å². The summed E-state index contributed by atoms with van der Waals surface area (Å²) >= 11 is 1.52. The first-order chi connectivity index (χ1) is 9.78. The summed E-state index contributed by atoms with van der Waals surface area (Å²) < 4.78 is 18.6. The monoisotopic (exact) mass is 286 g/mol. The minimum absolute atomic E-state index is 0.235. The molecular weight excluding hydrogens is 275 g/mol. The molecule has 3 nitrogen and oxygen atoms in total. The van der Waals surface area contributed by atoms with E-state index in [1.54, 1.807) is 24.5 Å². The van der Waals surface area contributed by atoms with Gasteiger partial charge in [0.2, 0.25) is 0 Å². The number of halogens is 1. The van der Waals surface area contributed by atoms with E-state index >= 15 is 0 Å². The summed E-state index contributed by atoms with van der Waals surface area (Å²) in [5.74, 6) is -0.151. The Kier molecular flexibility index (Phi) is 3.43. The van der Waals surface area contributed by atoms with Gasteiger partial charge in [0.1, 0.15) is 5.01 Å². The SMILES string of the molecule is COc1ccc(-c2csc(-c3ccncc3)n2)cc1F. The first kappa shape index (κ1) is 12.7. The Bertz CT molecular complexity index is 728. The summed E-state index contributed by atoms with van der Waals surface area (Å²) in [5, 5.41) is 2.80. The average Bonchev–Trinajstić information content (AvgIpc) is 2.98. The van der Waals surface area contributed by atoms with Crippen molar-refractivity contribution in [2.45, 2.75) is 0 Å². The van der Waals surface area contributed by atoms with Gasteiger partial charge >= 0.3 is 0 Å². The number of hydrogen-bond acceptors (Lipinski definition) is 4. The van der Waals surface area contributed by atoms with E-state index < -0.39 is 0 Å². The molecule has 0 aliphatic carbocycles. The molecule has 0 saturated carbocycles. The Balaban J connectivity index is 1.96. The minimum Gasteiger partial charge on any atom is -0.494 e. The zero-order valence-electron chi connectivity index (χ0n) is 10.7. The zero-order chi connectivity index (χ0) is 13.9. The highest BCUT2D eigenvalue weighted by Crippen LogP contribution is 2.30. The molecule has 0 atom stereocenters. The molecule has 0 bridgehead atoms. The summed E-state index contributed by atoms with van der Waals surface area (Å²) in [6.07, 6.45) is 3.45. The number of rotatable bonds is 3. The van der Waals surface area contributed by atoms with Crippen LogP contribution in [0.15, 0.2) is 48.1 Å². The van der Waals surface area contributed by atoms with Crippen LogP contribution in [0.2, 0.25) is 0 Å². The number of hydrogen-bond donors (Lipinski definition) is 0. The summed E-state index contributed by atoms with van der Waals surface area (Å²) in [5.41, 5.74) is 2.49. The molecule has 3 aromatic rings. The number of pyridine rings is 1. The smallest absolute Gasteiger partial charge is 0.165 e. The topological polar surface area (TPSA) is 35.0 Å². The van der Waals surface area contributed by atoms with Gasteiger partial charge in [0.05, 0.1) is 12.8 Å². The maximum Gasteiger partial charge on any atom is 0.165 e. The second-order valence-electron chi connectivity index (χ2n) is 4.12. The number of methoxy groups -OCH3 is 1. The molecule has 3 rings (SSSR count). The van der Waals surface area contributed by atoms with Crippen molar-refractivity contribution in [3.05, 3.63) is 53.9 Å². The molecule has 2 aromatic heterocycles. The lowest BCUT2D eigenvalue weighted by atomic mass is 10.1. The fraction of sp³-hybridized carbons (Fsp3) is 0.0667. The minimum atomic E-state index is -0.386. The van der Waals surface area contributed by atoms with E-state index in [-0.39, 0.29) is 11.6 Å². The van der Waals surface area contributed by atoms with E-state index in [1.807, 2.05) is 17.5 Å². The van der Waals surface area contributed by atoms with Crippen molar-refractivity contribution in [1.82, 2.24) is 9.97 Å². The van der Waals surface area contributed by atoms with E-state index in [0.29, 0.717) is 0 Å². The average molecular weight is 286 g/mol. The van der Waals surface area contributed by atoms with Crippen molar-refractivity contribution in [2.24, 2.45) is 0 Å². The number of ether oxygens (including phenoxy) is 1. The summed E-state index contributed by atoms with van der Waals surface area (Å²) in [6.45, 7) is 0. The second-order valence-corrected chi connectivity index (χ2v) is 4.98. The van der Waals surface area contributed by atoms with Gasteiger partial charge in [-0.2, -0.15) is 0 Å². The van der Waals surface area contributed by atoms with Crippen molar-refractivity contribution in [1.29, 1.82) is 0 Å². The molecule has 0 aliphatic rings. The molecule has 0 spiro atoms. The number of aromatic nitrogens is 2. The van der Waals surface area contributed by atoms with Gasteiger partial charge in [0, 0.05) is 28.9 Å². The Morgan fingerprint density at radius 3 is 2.60 bits per heavy atom. The molecule has 0 saturated heterocycles. The van der Waals surface area contributed by atoms with Crippen LogP contribution in [0.25, 0.3) is 21.8 Å². The fourth-order valence-electron chi connectivity index (χ4n) is 1.86. The largest absolute Gasteiger partial charge is 0.494 e. The molecule has 2 heterocycles. The molecule has 100 valence electrons. The molecule has 1 aromatic carbocycles. The van der Waals surface area contributed by atoms with Gasteiger partial charge in [0.25, 0.3) is 0 Å². The molecule has 0 aliphatic heterocycles. The lowest BCUT2D eigenvalue weighted by Gasteiger charge is -2.03. The van der Waals surface area contributed by atoms with Gasteiger partial charge < -0.3 is 4.74 Å². The van der Waals surface area contributed by atoms with Gasteiger partial charge in [-0.1, -0.05) is 0 Å². The van der Waals surface area contributed by atoms with Crippen LogP contribution in [0.1, 0.15) is 0 Å². The normalized spacial score (nSPS) is 10.5. The maximum absolute atomic E-state index is 13.7. The molecule has 0 radical (unpaired) electrons. The summed E-state index contributed by atoms with van der Waals surface area (Å²) in [7, 11) is 1.45. The molecule has 0 unspecified atom stereocenters. The summed E-state index contributed by atoms with van der Waals surface area (Å²) in [6, 6.07) is 8.64. The van der Waals surface area contributed by atoms with E-state index in [1.165, 1.54) is 24.5 Å². The summed E-state index contributed by atoms with van der Waals surface area (Å²) in [4.78, 5) is 8.51. The molecule has 0 amide bonds. The van der Waals surface area contributed by atoms with Crippen molar-refractivity contribution < 1.29 is 9.13 Å². The van der Waals surface area contributed by atoms with Crippen LogP contribution in [0, 0.1) is 5.82 Å². The van der Waals surface area contributed by atoms with E-state index in [0.717, 1.165) is 21.8 Å². The molecule has 20 heavy (non-hydrogen) atoms. The third-order valence-corrected chi connectivity index (χ3v) is 3.77. The van der Waals surface area contributed by atoms with Crippen LogP contribution in [0.4, 0.5) is 4.39 Å². The molecule has 5 heteroatoms. The van der Waals surface area contributed by atoms with E-state index in [9.17, 15) is 4.39 Å². The molecule has 0 fully saturated rings. The predicted molar refractivity (Wildman–Crippen MR) is 77.3 cm³/mol. The Labute approximate surface area is 119 Å². The van der Waals surface area contributed by atoms with Crippen molar-refractivity contribution in [3.63, 3.8) is 0 Å². The highest BCUT2D eigenvalue weighted by atomic mass is 32.1. The third-order valence-electron chi connectivity index (χ3n) is 2.88. The van der Waals surface area contributed by atoms with Crippen LogP contribution in [0.5, 0.6) is 5.75 Å². The van der Waals surface area contributed by atoms with Crippen LogP contribution in [0.3, 0.4) is 0 Å². The van der Waals surface area contributed by atoms with Crippen LogP contribution >= 0.6 is 11.3 Å². The van der Waals surface area contributed by atoms with Crippen LogP contribution in [-0.2, 0) is 0 Å². The third kappa shape index (κ3) is 2.40. The quantitative estimate of drug-likeness (QED) is 0.729. The maximum atomic E-state index is 13.7. The Morgan fingerprint density at radius 2 is 1.90 bits per heavy atom. The Hall–Kier alpha value is -2.27. The first-order valence-corrected chi connectivity index (χ1v) is 6.86. The second kappa shape index (κ2) is 5.38. The number of nitrogens with zero attached hydrogens (tertiary/aromatic N) is 2. The number of benzene rings is 1. The highest BCUT2D eigenvalue weighted by Gasteiger charge is 2.09. The van der Waals surface area contributed by atoms with Crippen LogP contribution in [-0.4, -0.2) is 17.1 Å². The molecule has 0 N–H and O–H groups in total. The van der Waals surface area contributed by atoms with E-state index in [4.69, 9.17) is 4.74 Å². The predicted octanol–water partition coefficient (Wildman–Crippen LogP) is 4.02. The van der Waals surface area contributed by atoms with Crippen molar-refractivity contribution >= 4 is 11.3 Å². The molecular formula is C15H11FN2OS. The highest BCUT2D eigenvalue weighted by molar-refractivity contribution is 7.13. The van der Waals surface area contributed by atoms with E-state index in [2.05, 4.69) is 9.97 Å². The van der Waals surface area contributed by atoms with Gasteiger partial charge in [0.15, 0.2) is 11.6 Å². The standard InChI is InChI=1S/C15H11FN2OS/c1-19-14-3-2-11(8-12(14)16)13-9-20-15(18-13)10-4-6-17-7-5-10/h2-9H,1H3. The van der Waals surface area contributed by atoms with Gasteiger partial charge in [-0.15, -0.1) is 11.3 Å². The first-order valence-electron chi connectivity index (χ1n) is 5.98.